The lowest BCUT2D eigenvalue weighted by Gasteiger charge is -2.17. The molecule has 0 aliphatic carbocycles. The Labute approximate surface area is 123 Å². The molecule has 0 spiro atoms. The zero-order valence-electron chi connectivity index (χ0n) is 11.8. The summed E-state index contributed by atoms with van der Waals surface area (Å²) >= 11 is 0. The van der Waals surface area contributed by atoms with Gasteiger partial charge in [0.2, 0.25) is 10.0 Å². The highest BCUT2D eigenvalue weighted by atomic mass is 32.2. The molecule has 21 heavy (non-hydrogen) atoms. The van der Waals surface area contributed by atoms with Crippen molar-refractivity contribution < 1.29 is 27.9 Å². The molecule has 0 bridgehead atoms. The fourth-order valence-corrected chi connectivity index (χ4v) is 2.66. The highest BCUT2D eigenvalue weighted by Crippen LogP contribution is 2.10. The molecule has 1 aromatic carbocycles. The van der Waals surface area contributed by atoms with Gasteiger partial charge in [-0.3, -0.25) is 4.79 Å². The van der Waals surface area contributed by atoms with Crippen LogP contribution in [0.5, 0.6) is 0 Å². The number of carbonyl (C=O) groups excluding carboxylic acids is 1. The molecule has 1 aromatic rings. The summed E-state index contributed by atoms with van der Waals surface area (Å²) < 4.78 is 29.4. The van der Waals surface area contributed by atoms with Gasteiger partial charge in [0.15, 0.2) is 0 Å². The van der Waals surface area contributed by atoms with Crippen molar-refractivity contribution in [2.45, 2.75) is 13.0 Å². The van der Waals surface area contributed by atoms with E-state index in [1.54, 1.807) is 12.1 Å². The third-order valence-corrected chi connectivity index (χ3v) is 4.67. The molecule has 7 nitrogen and oxygen atoms in total. The number of carboxylic acid groups (broad SMARTS) is 1. The first-order valence-electron chi connectivity index (χ1n) is 6.09. The second kappa shape index (κ2) is 7.19. The number of rotatable bonds is 7. The largest absolute Gasteiger partial charge is 0.478 e. The molecule has 0 aromatic heterocycles. The Morgan fingerprint density at radius 3 is 2.29 bits per heavy atom. The number of nitrogens with zero attached hydrogens (tertiary/aromatic N) is 1. The van der Waals surface area contributed by atoms with Gasteiger partial charge in [0.25, 0.3) is 0 Å². The molecule has 0 aliphatic heterocycles. The molecule has 8 heteroatoms. The molecule has 0 aliphatic rings. The lowest BCUT2D eigenvalue weighted by Crippen LogP contribution is -2.29. The molecule has 0 saturated heterocycles. The van der Waals surface area contributed by atoms with Crippen LogP contribution in [0.1, 0.15) is 22.3 Å². The summed E-state index contributed by atoms with van der Waals surface area (Å²) in [5.74, 6) is -1.96. The Balaban J connectivity index is 2.68. The van der Waals surface area contributed by atoms with Gasteiger partial charge in [0.1, 0.15) is 0 Å². The highest BCUT2D eigenvalue weighted by Gasteiger charge is 2.19. The van der Waals surface area contributed by atoms with Crippen LogP contribution < -0.4 is 0 Å². The first kappa shape index (κ1) is 17.1. The highest BCUT2D eigenvalue weighted by molar-refractivity contribution is 7.89. The number of esters is 1. The fourth-order valence-electron chi connectivity index (χ4n) is 1.58. The summed E-state index contributed by atoms with van der Waals surface area (Å²) in [6.45, 7) is 0.101. The molecule has 0 radical (unpaired) electrons. The van der Waals surface area contributed by atoms with Gasteiger partial charge in [0, 0.05) is 13.6 Å². The normalized spacial score (nSPS) is 11.4. The summed E-state index contributed by atoms with van der Waals surface area (Å²) in [7, 11) is -0.976. The van der Waals surface area contributed by atoms with Crippen LogP contribution in [0.15, 0.2) is 24.3 Å². The van der Waals surface area contributed by atoms with Crippen molar-refractivity contribution in [2.24, 2.45) is 0 Å². The number of hydrogen-bond acceptors (Lipinski definition) is 5. The van der Waals surface area contributed by atoms with Gasteiger partial charge in [-0.2, -0.15) is 0 Å². The Morgan fingerprint density at radius 2 is 1.81 bits per heavy atom. The Kier molecular flexibility index (Phi) is 5.86. The third-order valence-electron chi connectivity index (χ3n) is 2.87. The van der Waals surface area contributed by atoms with E-state index in [-0.39, 0.29) is 24.3 Å². The predicted octanol–water partition coefficient (Wildman–Crippen LogP) is 0.710. The maximum Gasteiger partial charge on any atom is 0.335 e. The lowest BCUT2D eigenvalue weighted by molar-refractivity contribution is -0.140. The van der Waals surface area contributed by atoms with Gasteiger partial charge < -0.3 is 9.84 Å². The smallest absolute Gasteiger partial charge is 0.335 e. The topological polar surface area (TPSA) is 101 Å². The summed E-state index contributed by atoms with van der Waals surface area (Å²) in [5, 5.41) is 8.78. The van der Waals surface area contributed by atoms with Crippen LogP contribution in [0.2, 0.25) is 0 Å². The minimum atomic E-state index is -3.57. The summed E-state index contributed by atoms with van der Waals surface area (Å²) in [5.41, 5.74) is 0.791. The van der Waals surface area contributed by atoms with E-state index in [1.807, 2.05) is 0 Å². The third kappa shape index (κ3) is 5.16. The van der Waals surface area contributed by atoms with Crippen LogP contribution in [-0.2, 0) is 26.1 Å². The van der Waals surface area contributed by atoms with Crippen LogP contribution in [0.3, 0.4) is 0 Å². The van der Waals surface area contributed by atoms with Crippen LogP contribution in [0.25, 0.3) is 0 Å². The van der Waals surface area contributed by atoms with E-state index in [1.165, 1.54) is 26.3 Å². The molecule has 0 atom stereocenters. The van der Waals surface area contributed by atoms with Crippen molar-refractivity contribution in [2.75, 3.05) is 19.9 Å². The molecule has 1 N–H and O–H groups in total. The van der Waals surface area contributed by atoms with E-state index in [9.17, 15) is 18.0 Å². The van der Waals surface area contributed by atoms with Gasteiger partial charge in [-0.15, -0.1) is 0 Å². The molecule has 0 unspecified atom stereocenters. The van der Waals surface area contributed by atoms with E-state index < -0.39 is 22.0 Å². The predicted molar refractivity (Wildman–Crippen MR) is 75.3 cm³/mol. The van der Waals surface area contributed by atoms with Crippen LogP contribution >= 0.6 is 0 Å². The van der Waals surface area contributed by atoms with E-state index >= 15 is 0 Å². The molecule has 0 saturated carbocycles. The first-order valence-corrected chi connectivity index (χ1v) is 7.70. The molecular formula is C13H17NO6S. The van der Waals surface area contributed by atoms with Crippen LogP contribution in [-0.4, -0.2) is 49.7 Å². The molecule has 0 heterocycles. The monoisotopic (exact) mass is 315 g/mol. The zero-order valence-corrected chi connectivity index (χ0v) is 12.6. The number of carbonyl (C=O) groups is 2. The quantitative estimate of drug-likeness (QED) is 0.744. The van der Waals surface area contributed by atoms with Crippen LogP contribution in [0.4, 0.5) is 0 Å². The van der Waals surface area contributed by atoms with Crippen molar-refractivity contribution in [1.82, 2.24) is 4.31 Å². The van der Waals surface area contributed by atoms with E-state index in [0.717, 1.165) is 4.31 Å². The van der Waals surface area contributed by atoms with Gasteiger partial charge in [-0.25, -0.2) is 17.5 Å². The fraction of sp³-hybridized carbons (Fsp3) is 0.385. The lowest BCUT2D eigenvalue weighted by atomic mass is 10.1. The molecular weight excluding hydrogens is 298 g/mol. The number of aromatic carboxylic acids is 1. The SMILES string of the molecule is COC(=O)CCS(=O)(=O)N(C)Cc1ccc(C(=O)O)cc1. The van der Waals surface area contributed by atoms with Crippen molar-refractivity contribution in [1.29, 1.82) is 0 Å². The van der Waals surface area contributed by atoms with E-state index in [0.29, 0.717) is 5.56 Å². The van der Waals surface area contributed by atoms with Crippen molar-refractivity contribution in [3.63, 3.8) is 0 Å². The van der Waals surface area contributed by atoms with Gasteiger partial charge >= 0.3 is 11.9 Å². The van der Waals surface area contributed by atoms with Gasteiger partial charge in [0.05, 0.1) is 24.8 Å². The second-order valence-corrected chi connectivity index (χ2v) is 6.60. The second-order valence-electron chi connectivity index (χ2n) is 4.40. The minimum absolute atomic E-state index is 0.101. The summed E-state index contributed by atoms with van der Waals surface area (Å²) in [6, 6.07) is 5.92. The van der Waals surface area contributed by atoms with Crippen molar-refractivity contribution in [3.8, 4) is 0 Å². The number of hydrogen-bond donors (Lipinski definition) is 1. The minimum Gasteiger partial charge on any atom is -0.478 e. The molecule has 116 valence electrons. The van der Waals surface area contributed by atoms with E-state index in [4.69, 9.17) is 5.11 Å². The Morgan fingerprint density at radius 1 is 1.24 bits per heavy atom. The Hall–Kier alpha value is -1.93. The van der Waals surface area contributed by atoms with Crippen LogP contribution in [0, 0.1) is 0 Å². The van der Waals surface area contributed by atoms with Gasteiger partial charge in [-0.1, -0.05) is 12.1 Å². The maximum absolute atomic E-state index is 12.0. The average Bonchev–Trinajstić information content (AvgIpc) is 2.45. The van der Waals surface area contributed by atoms with Crippen molar-refractivity contribution >= 4 is 22.0 Å². The zero-order chi connectivity index (χ0) is 16.0. The number of ether oxygens (including phenoxy) is 1. The number of benzene rings is 1. The first-order chi connectivity index (χ1) is 9.76. The summed E-state index contributed by atoms with van der Waals surface area (Å²) in [6.07, 6.45) is -0.207. The molecule has 1 rings (SSSR count). The number of carboxylic acids is 1. The molecule has 0 fully saturated rings. The standard InChI is InChI=1S/C13H17NO6S/c1-14(21(18,19)8-7-12(15)20-2)9-10-3-5-11(6-4-10)13(16)17/h3-6H,7-9H2,1-2H3,(H,16,17). The Bertz CT molecular complexity index is 608. The molecule has 0 amide bonds. The van der Waals surface area contributed by atoms with E-state index in [2.05, 4.69) is 4.74 Å². The summed E-state index contributed by atoms with van der Waals surface area (Å²) in [4.78, 5) is 21.7. The number of sulfonamides is 1. The average molecular weight is 315 g/mol. The maximum atomic E-state index is 12.0. The van der Waals surface area contributed by atoms with Gasteiger partial charge in [-0.05, 0) is 17.7 Å². The van der Waals surface area contributed by atoms with Crippen molar-refractivity contribution in [3.05, 3.63) is 35.4 Å². The number of methoxy groups -OCH3 is 1.